The molecule has 0 bridgehead atoms. The smallest absolute Gasteiger partial charge is 0.225 e. The Morgan fingerprint density at radius 2 is 2.30 bits per heavy atom. The number of aryl methyl sites for hydroxylation is 1. The molecule has 106 valence electrons. The molecule has 0 aromatic carbocycles. The van der Waals surface area contributed by atoms with Crippen LogP contribution in [-0.2, 0) is 11.3 Å². The third-order valence-corrected chi connectivity index (χ3v) is 3.85. The van der Waals surface area contributed by atoms with E-state index in [0.717, 1.165) is 22.2 Å². The van der Waals surface area contributed by atoms with Crippen molar-refractivity contribution in [2.75, 3.05) is 16.8 Å². The number of anilines is 2. The summed E-state index contributed by atoms with van der Waals surface area (Å²) in [4.78, 5) is 21.9. The molecule has 0 saturated carbocycles. The lowest BCUT2D eigenvalue weighted by molar-refractivity contribution is -0.116. The molecule has 5 nitrogen and oxygen atoms in total. The van der Waals surface area contributed by atoms with E-state index in [0.29, 0.717) is 13.1 Å². The molecule has 0 unspecified atom stereocenters. The highest BCUT2D eigenvalue weighted by Gasteiger charge is 2.13. The van der Waals surface area contributed by atoms with Gasteiger partial charge in [0.25, 0.3) is 0 Å². The van der Waals surface area contributed by atoms with Crippen LogP contribution in [0.2, 0.25) is 0 Å². The predicted molar refractivity (Wildman–Crippen MR) is 82.1 cm³/mol. The molecule has 1 N–H and O–H groups in total. The summed E-state index contributed by atoms with van der Waals surface area (Å²) in [6.07, 6.45) is 1.77. The van der Waals surface area contributed by atoms with Gasteiger partial charge in [-0.1, -0.05) is 0 Å². The van der Waals surface area contributed by atoms with Gasteiger partial charge in [-0.25, -0.2) is 4.98 Å². The quantitative estimate of drug-likeness (QED) is 0.920. The molecule has 2 heterocycles. The van der Waals surface area contributed by atoms with Crippen LogP contribution in [0.4, 0.5) is 10.8 Å². The van der Waals surface area contributed by atoms with Crippen LogP contribution in [0.5, 0.6) is 0 Å². The van der Waals surface area contributed by atoms with Crippen LogP contribution in [0.25, 0.3) is 0 Å². The number of pyridine rings is 1. The van der Waals surface area contributed by atoms with Crippen LogP contribution in [0.1, 0.15) is 25.2 Å². The van der Waals surface area contributed by atoms with E-state index >= 15 is 0 Å². The molecule has 2 rings (SSSR count). The Morgan fingerprint density at radius 1 is 1.50 bits per heavy atom. The monoisotopic (exact) mass is 290 g/mol. The van der Waals surface area contributed by atoms with Crippen LogP contribution < -0.4 is 10.2 Å². The van der Waals surface area contributed by atoms with Crippen molar-refractivity contribution in [2.24, 2.45) is 0 Å². The Labute approximate surface area is 122 Å². The zero-order chi connectivity index (χ0) is 14.5. The van der Waals surface area contributed by atoms with E-state index < -0.39 is 0 Å². The second-order valence-corrected chi connectivity index (χ2v) is 5.21. The Hall–Kier alpha value is -1.95. The number of rotatable bonds is 5. The van der Waals surface area contributed by atoms with Crippen molar-refractivity contribution in [1.29, 1.82) is 0 Å². The fourth-order valence-corrected chi connectivity index (χ4v) is 2.78. The lowest BCUT2D eigenvalue weighted by Crippen LogP contribution is -2.27. The van der Waals surface area contributed by atoms with Gasteiger partial charge in [-0.3, -0.25) is 14.7 Å². The van der Waals surface area contributed by atoms with Crippen LogP contribution in [-0.4, -0.2) is 22.4 Å². The maximum atomic E-state index is 11.5. The van der Waals surface area contributed by atoms with Crippen molar-refractivity contribution in [1.82, 2.24) is 9.97 Å². The average Bonchev–Trinajstić information content (AvgIpc) is 2.87. The van der Waals surface area contributed by atoms with Crippen molar-refractivity contribution in [3.8, 4) is 0 Å². The van der Waals surface area contributed by atoms with Gasteiger partial charge in [0.2, 0.25) is 5.91 Å². The molecule has 0 aliphatic carbocycles. The maximum Gasteiger partial charge on any atom is 0.225 e. The van der Waals surface area contributed by atoms with Crippen molar-refractivity contribution in [3.05, 3.63) is 35.1 Å². The number of aromatic nitrogens is 2. The number of nitrogens with zero attached hydrogens (tertiary/aromatic N) is 3. The first-order valence-corrected chi connectivity index (χ1v) is 7.37. The molecular formula is C14H18N4OS. The second kappa shape index (κ2) is 6.47. The molecule has 0 radical (unpaired) electrons. The summed E-state index contributed by atoms with van der Waals surface area (Å²) >= 11 is 1.49. The Balaban J connectivity index is 2.03. The standard InChI is InChI=1S/C14H18N4OS/c1-4-18(11(3)19)14-17-12(9-20-14)8-16-13-6-5-7-15-10(13)2/h5-7,9,16H,4,8H2,1-3H3. The minimum Gasteiger partial charge on any atom is -0.378 e. The van der Waals surface area contributed by atoms with E-state index in [4.69, 9.17) is 0 Å². The molecule has 2 aromatic rings. The predicted octanol–water partition coefficient (Wildman–Crippen LogP) is 2.83. The Bertz CT molecular complexity index is 596. The lowest BCUT2D eigenvalue weighted by atomic mass is 10.3. The van der Waals surface area contributed by atoms with E-state index in [9.17, 15) is 4.79 Å². The summed E-state index contributed by atoms with van der Waals surface area (Å²) in [5.41, 5.74) is 2.88. The van der Waals surface area contributed by atoms with Gasteiger partial charge in [-0.05, 0) is 26.0 Å². The van der Waals surface area contributed by atoms with Crippen LogP contribution in [0.15, 0.2) is 23.7 Å². The maximum absolute atomic E-state index is 11.5. The van der Waals surface area contributed by atoms with Crippen molar-refractivity contribution < 1.29 is 4.79 Å². The van der Waals surface area contributed by atoms with Crippen molar-refractivity contribution >= 4 is 28.1 Å². The molecule has 0 saturated heterocycles. The lowest BCUT2D eigenvalue weighted by Gasteiger charge is -2.14. The zero-order valence-electron chi connectivity index (χ0n) is 11.9. The average molecular weight is 290 g/mol. The number of hydrogen-bond acceptors (Lipinski definition) is 5. The minimum absolute atomic E-state index is 0.0180. The number of nitrogens with one attached hydrogen (secondary N) is 1. The number of hydrogen-bond donors (Lipinski definition) is 1. The van der Waals surface area contributed by atoms with Gasteiger partial charge < -0.3 is 5.32 Å². The molecule has 0 atom stereocenters. The van der Waals surface area contributed by atoms with Gasteiger partial charge in [0.05, 0.1) is 23.6 Å². The molecule has 2 aromatic heterocycles. The first-order chi connectivity index (χ1) is 9.61. The molecule has 0 aliphatic rings. The minimum atomic E-state index is 0.0180. The molecule has 6 heteroatoms. The van der Waals surface area contributed by atoms with Gasteiger partial charge in [-0.2, -0.15) is 0 Å². The van der Waals surface area contributed by atoms with Crippen LogP contribution in [0, 0.1) is 6.92 Å². The van der Waals surface area contributed by atoms with E-state index in [2.05, 4.69) is 15.3 Å². The normalized spacial score (nSPS) is 10.3. The topological polar surface area (TPSA) is 58.1 Å². The largest absolute Gasteiger partial charge is 0.378 e. The summed E-state index contributed by atoms with van der Waals surface area (Å²) < 4.78 is 0. The fourth-order valence-electron chi connectivity index (χ4n) is 1.85. The first-order valence-electron chi connectivity index (χ1n) is 6.49. The number of carbonyl (C=O) groups is 1. The first kappa shape index (κ1) is 14.5. The summed E-state index contributed by atoms with van der Waals surface area (Å²) in [6.45, 7) is 6.72. The van der Waals surface area contributed by atoms with E-state index in [-0.39, 0.29) is 5.91 Å². The third kappa shape index (κ3) is 3.33. The number of thiazole rings is 1. The van der Waals surface area contributed by atoms with Gasteiger partial charge in [0.15, 0.2) is 5.13 Å². The van der Waals surface area contributed by atoms with E-state index in [1.54, 1.807) is 18.0 Å². The molecule has 1 amide bonds. The SMILES string of the molecule is CCN(C(C)=O)c1nc(CNc2cccnc2C)cs1. The van der Waals surface area contributed by atoms with Crippen molar-refractivity contribution in [3.63, 3.8) is 0 Å². The van der Waals surface area contributed by atoms with E-state index in [1.165, 1.54) is 11.3 Å². The molecule has 0 spiro atoms. The summed E-state index contributed by atoms with van der Waals surface area (Å²) in [7, 11) is 0. The highest BCUT2D eigenvalue weighted by molar-refractivity contribution is 7.14. The third-order valence-electron chi connectivity index (χ3n) is 2.93. The highest BCUT2D eigenvalue weighted by atomic mass is 32.1. The molecule has 20 heavy (non-hydrogen) atoms. The molecular weight excluding hydrogens is 272 g/mol. The second-order valence-electron chi connectivity index (χ2n) is 4.37. The summed E-state index contributed by atoms with van der Waals surface area (Å²) in [5.74, 6) is 0.0180. The van der Waals surface area contributed by atoms with Gasteiger partial charge in [0, 0.05) is 25.0 Å². The highest BCUT2D eigenvalue weighted by Crippen LogP contribution is 2.21. The van der Waals surface area contributed by atoms with E-state index in [1.807, 2.05) is 31.4 Å². The van der Waals surface area contributed by atoms with Gasteiger partial charge in [0.1, 0.15) is 0 Å². The van der Waals surface area contributed by atoms with Crippen LogP contribution in [0.3, 0.4) is 0 Å². The molecule has 0 fully saturated rings. The summed E-state index contributed by atoms with van der Waals surface area (Å²) in [5, 5.41) is 6.03. The van der Waals surface area contributed by atoms with Crippen molar-refractivity contribution in [2.45, 2.75) is 27.3 Å². The Kier molecular flexibility index (Phi) is 4.68. The fraction of sp³-hybridized carbons (Fsp3) is 0.357. The molecule has 0 aliphatic heterocycles. The zero-order valence-corrected chi connectivity index (χ0v) is 12.7. The van der Waals surface area contributed by atoms with Gasteiger partial charge >= 0.3 is 0 Å². The Morgan fingerprint density at radius 3 is 2.95 bits per heavy atom. The number of carbonyl (C=O) groups excluding carboxylic acids is 1. The van der Waals surface area contributed by atoms with Gasteiger partial charge in [-0.15, -0.1) is 11.3 Å². The number of amides is 1. The summed E-state index contributed by atoms with van der Waals surface area (Å²) in [6, 6.07) is 3.89. The van der Waals surface area contributed by atoms with Crippen LogP contribution >= 0.6 is 11.3 Å².